The number of fused-ring (bicyclic) bond motifs is 2. The number of carbonyl (C=O) groups is 1. The number of sulfone groups is 1. The molecule has 7 unspecified atom stereocenters. The van der Waals surface area contributed by atoms with Crippen LogP contribution in [0.2, 0.25) is 0 Å². The Kier molecular flexibility index (Phi) is 13.0. The lowest BCUT2D eigenvalue weighted by Gasteiger charge is -2.40. The van der Waals surface area contributed by atoms with Crippen LogP contribution in [-0.4, -0.2) is 142 Å². The van der Waals surface area contributed by atoms with Gasteiger partial charge in [-0.1, -0.05) is 30.0 Å². The number of anilines is 2. The smallest absolute Gasteiger partial charge is 0.250 e. The van der Waals surface area contributed by atoms with Crippen molar-refractivity contribution >= 4 is 27.2 Å². The Morgan fingerprint density at radius 1 is 0.964 bits per heavy atom. The molecule has 0 spiro atoms. The molecule has 0 bridgehead atoms. The molecule has 1 saturated heterocycles. The normalized spacial score (nSPS) is 25.3. The van der Waals surface area contributed by atoms with Crippen LogP contribution >= 0.6 is 0 Å². The average molecular weight is 802 g/mol. The van der Waals surface area contributed by atoms with Gasteiger partial charge in [0.25, 0.3) is 0 Å². The van der Waals surface area contributed by atoms with E-state index >= 15 is 0 Å². The Bertz CT molecular complexity index is 2060. The molecule has 1 aromatic heterocycles. The molecular weight excluding hydrogens is 755 g/mol. The number of nitrogens with one attached hydrogen (secondary N) is 2. The van der Waals surface area contributed by atoms with Gasteiger partial charge in [-0.25, -0.2) is 23.2 Å². The Hall–Kier alpha value is -4.21. The largest absolute Gasteiger partial charge is 0.491 e. The van der Waals surface area contributed by atoms with Crippen molar-refractivity contribution in [3.63, 3.8) is 0 Å². The summed E-state index contributed by atoms with van der Waals surface area (Å²) in [6, 6.07) is 11.2. The maximum Gasteiger partial charge on any atom is 0.250 e. The summed E-state index contributed by atoms with van der Waals surface area (Å²) in [5.74, 6) is 6.15. The molecule has 4 heterocycles. The zero-order valence-corrected chi connectivity index (χ0v) is 31.8. The van der Waals surface area contributed by atoms with Crippen molar-refractivity contribution in [1.82, 2.24) is 24.7 Å². The lowest BCUT2D eigenvalue weighted by molar-refractivity contribution is -0.158. The first-order valence-electron chi connectivity index (χ1n) is 17.8. The summed E-state index contributed by atoms with van der Waals surface area (Å²) in [4.78, 5) is 20.9. The monoisotopic (exact) mass is 801 g/mol. The Morgan fingerprint density at radius 2 is 1.70 bits per heavy atom. The summed E-state index contributed by atoms with van der Waals surface area (Å²) in [5, 5.41) is 68.8. The van der Waals surface area contributed by atoms with Gasteiger partial charge in [0.05, 0.1) is 32.4 Å². The molecule has 7 atom stereocenters. The van der Waals surface area contributed by atoms with Gasteiger partial charge in [0, 0.05) is 35.7 Å². The van der Waals surface area contributed by atoms with Crippen LogP contribution in [0.25, 0.3) is 0 Å². The lowest BCUT2D eigenvalue weighted by atomic mass is 10.0. The molecule has 0 aliphatic carbocycles. The molecule has 304 valence electrons. The fraction of sp³-hybridized carbons (Fsp3) is 0.500. The van der Waals surface area contributed by atoms with Crippen molar-refractivity contribution in [2.45, 2.75) is 61.5 Å². The standard InChI is InChI=1S/C36H47N7O12S/c1-40-29-30(39-35(40)56(3,51)52)42(36(50)41(2)34(29)49)14-6-8-21-7-4-9-22(19-21)55-18-17-53-15-16-54-20-27(45)37-24-11-5-10-23-28(24)33(48)43(32(23)47)25-12-13-26(44)38-31(25)46/h4-5,7,9-11,19,25-26,31-34,36,38,44,46-50H,12-18,20H2,1-3H3,(H,37,45). The van der Waals surface area contributed by atoms with Gasteiger partial charge in [-0.05, 0) is 44.2 Å². The van der Waals surface area contributed by atoms with Crippen LogP contribution in [0.5, 0.6) is 5.75 Å². The minimum atomic E-state index is -3.71. The van der Waals surface area contributed by atoms with E-state index in [9.17, 15) is 43.9 Å². The molecular formula is C36H47N7O12S. The lowest BCUT2D eigenvalue weighted by Crippen LogP contribution is -2.57. The molecule has 8 N–H and O–H groups in total. The highest BCUT2D eigenvalue weighted by molar-refractivity contribution is 7.90. The van der Waals surface area contributed by atoms with Crippen molar-refractivity contribution in [3.05, 3.63) is 64.8 Å². The molecule has 20 heteroatoms. The molecule has 6 rings (SSSR count). The molecule has 3 aromatic rings. The quantitative estimate of drug-likeness (QED) is 0.0734. The van der Waals surface area contributed by atoms with E-state index in [2.05, 4.69) is 27.5 Å². The van der Waals surface area contributed by atoms with Crippen molar-refractivity contribution in [2.24, 2.45) is 7.05 Å². The van der Waals surface area contributed by atoms with Crippen molar-refractivity contribution in [3.8, 4) is 17.6 Å². The highest BCUT2D eigenvalue weighted by Gasteiger charge is 2.46. The van der Waals surface area contributed by atoms with Crippen LogP contribution < -0.4 is 20.3 Å². The van der Waals surface area contributed by atoms with Gasteiger partial charge in [-0.3, -0.25) is 10.1 Å². The summed E-state index contributed by atoms with van der Waals surface area (Å²) >= 11 is 0. The average Bonchev–Trinajstić information content (AvgIpc) is 3.63. The number of hydrogen-bond acceptors (Lipinski definition) is 17. The number of aliphatic hydroxyl groups is 6. The Labute approximate surface area is 323 Å². The maximum absolute atomic E-state index is 12.7. The first kappa shape index (κ1) is 41.4. The Morgan fingerprint density at radius 3 is 2.45 bits per heavy atom. The van der Waals surface area contributed by atoms with Crippen LogP contribution in [0.15, 0.2) is 47.6 Å². The van der Waals surface area contributed by atoms with Gasteiger partial charge < -0.3 is 59.6 Å². The van der Waals surface area contributed by atoms with Crippen LogP contribution in [0.1, 0.15) is 53.9 Å². The van der Waals surface area contributed by atoms with Gasteiger partial charge in [0.1, 0.15) is 49.6 Å². The van der Waals surface area contributed by atoms with Gasteiger partial charge in [-0.15, -0.1) is 0 Å². The second kappa shape index (κ2) is 17.5. The predicted molar refractivity (Wildman–Crippen MR) is 198 cm³/mol. The van der Waals surface area contributed by atoms with Crippen molar-refractivity contribution < 1.29 is 58.1 Å². The number of hydrogen-bond donors (Lipinski definition) is 8. The minimum Gasteiger partial charge on any atom is -0.491 e. The number of aliphatic hydroxyl groups excluding tert-OH is 6. The topological polar surface area (TPSA) is 252 Å². The number of ether oxygens (including phenoxy) is 3. The van der Waals surface area contributed by atoms with E-state index in [4.69, 9.17) is 14.2 Å². The molecule has 2 aromatic carbocycles. The van der Waals surface area contributed by atoms with Crippen LogP contribution in [0, 0.1) is 11.8 Å². The predicted octanol–water partition coefficient (Wildman–Crippen LogP) is -1.37. The molecule has 56 heavy (non-hydrogen) atoms. The van der Waals surface area contributed by atoms with Crippen LogP contribution in [0.4, 0.5) is 11.5 Å². The Balaban J connectivity index is 0.919. The van der Waals surface area contributed by atoms with Crippen LogP contribution in [-0.2, 0) is 31.2 Å². The number of imidazole rings is 1. The number of piperidine rings is 1. The van der Waals surface area contributed by atoms with Crippen molar-refractivity contribution in [1.29, 1.82) is 0 Å². The van der Waals surface area contributed by atoms with E-state index in [1.54, 1.807) is 42.5 Å². The zero-order chi connectivity index (χ0) is 40.3. The summed E-state index contributed by atoms with van der Waals surface area (Å²) in [6.45, 7) is 0.448. The third-order valence-electron chi connectivity index (χ3n) is 9.74. The first-order valence-corrected chi connectivity index (χ1v) is 19.7. The molecule has 0 saturated carbocycles. The number of amides is 1. The van der Waals surface area contributed by atoms with E-state index in [1.165, 1.54) is 33.4 Å². The number of rotatable bonds is 13. The SMILES string of the molecule is CN1C(O)c2c(nc(S(C)(=O)=O)n2C)N(CC#Cc2cccc(OCCOCCOCC(=O)Nc3cccc4c3C(O)N(C3CCC(O)NC3O)C4O)c2)C1O. The third-order valence-corrected chi connectivity index (χ3v) is 10.8. The first-order chi connectivity index (χ1) is 26.7. The van der Waals surface area contributed by atoms with Crippen molar-refractivity contribution in [2.75, 3.05) is 63.1 Å². The van der Waals surface area contributed by atoms with Gasteiger partial charge in [0.15, 0.2) is 18.4 Å². The zero-order valence-electron chi connectivity index (χ0n) is 31.0. The molecule has 1 fully saturated rings. The molecule has 19 nitrogen and oxygen atoms in total. The summed E-state index contributed by atoms with van der Waals surface area (Å²) in [7, 11) is -0.730. The highest BCUT2D eigenvalue weighted by Crippen LogP contribution is 2.45. The molecule has 3 aliphatic heterocycles. The number of nitrogens with zero attached hydrogens (tertiary/aromatic N) is 5. The van der Waals surface area contributed by atoms with E-state index < -0.39 is 59.3 Å². The third kappa shape index (κ3) is 8.84. The van der Waals surface area contributed by atoms with Crippen LogP contribution in [0.3, 0.4) is 0 Å². The second-order valence-electron chi connectivity index (χ2n) is 13.6. The molecule has 1 amide bonds. The number of benzene rings is 2. The summed E-state index contributed by atoms with van der Waals surface area (Å²) in [6.07, 6.45) is -5.51. The minimum absolute atomic E-state index is 0.0222. The molecule has 0 radical (unpaired) electrons. The van der Waals surface area contributed by atoms with E-state index in [0.717, 1.165) is 6.26 Å². The molecule has 3 aliphatic rings. The van der Waals surface area contributed by atoms with E-state index in [1.807, 2.05) is 0 Å². The fourth-order valence-corrected chi connectivity index (χ4v) is 7.84. The fourth-order valence-electron chi connectivity index (χ4n) is 6.99. The summed E-state index contributed by atoms with van der Waals surface area (Å²) in [5.41, 5.74) is 1.85. The van der Waals surface area contributed by atoms with Gasteiger partial charge in [0.2, 0.25) is 20.9 Å². The summed E-state index contributed by atoms with van der Waals surface area (Å²) < 4.78 is 42.6. The van der Waals surface area contributed by atoms with E-state index in [0.29, 0.717) is 41.0 Å². The second-order valence-corrected chi connectivity index (χ2v) is 15.5. The van der Waals surface area contributed by atoms with Gasteiger partial charge >= 0.3 is 0 Å². The number of carbonyl (C=O) groups excluding carboxylic acids is 1. The highest BCUT2D eigenvalue weighted by atomic mass is 32.2. The van der Waals surface area contributed by atoms with Gasteiger partial charge in [-0.2, -0.15) is 0 Å². The number of aromatic nitrogens is 2. The maximum atomic E-state index is 12.7. The van der Waals surface area contributed by atoms with E-state index in [-0.39, 0.29) is 56.2 Å².